The fourth-order valence-corrected chi connectivity index (χ4v) is 0.917. The molecule has 104 valence electrons. The summed E-state index contributed by atoms with van der Waals surface area (Å²) >= 11 is 6.95. The van der Waals surface area contributed by atoms with Crippen LogP contribution in [0.15, 0.2) is 0 Å². The predicted molar refractivity (Wildman–Crippen MR) is 88.0 cm³/mol. The van der Waals surface area contributed by atoms with E-state index in [0.717, 1.165) is -0.0619 Å². The third-order valence-electron chi connectivity index (χ3n) is 1.53. The Labute approximate surface area is 145 Å². The third kappa shape index (κ3) is 8.76. The summed E-state index contributed by atoms with van der Waals surface area (Å²) in [6.07, 6.45) is 0.165. The summed E-state index contributed by atoms with van der Waals surface area (Å²) < 4.78 is 0.743. The predicted octanol–water partition coefficient (Wildman–Crippen LogP) is 1.32. The molecule has 0 atom stereocenters. The van der Waals surface area contributed by atoms with Crippen molar-refractivity contribution in [2.75, 3.05) is 13.7 Å². The van der Waals surface area contributed by atoms with Gasteiger partial charge in [0.15, 0.2) is 6.61 Å². The molecule has 2 amide bonds. The highest BCUT2D eigenvalue weighted by molar-refractivity contribution is 14.3. The van der Waals surface area contributed by atoms with Crippen molar-refractivity contribution in [3.63, 3.8) is 0 Å². The van der Waals surface area contributed by atoms with Crippen LogP contribution in [0.5, 0.6) is 0 Å². The lowest BCUT2D eigenvalue weighted by Crippen LogP contribution is -2.34. The number of hydrogen-bond acceptors (Lipinski definition) is 6. The maximum absolute atomic E-state index is 11.0. The quantitative estimate of drug-likeness (QED) is 0.229. The Kier molecular flexibility index (Phi) is 10.9. The fourth-order valence-electron chi connectivity index (χ4n) is 0.917. The number of imide groups is 1. The standard InChI is InChI=1S/C7H10N2O5.CHI3/c1-8-13-4-7(12)14-9-5(10)2-3-6(9)11;2-1(3)4/h8H,2-4H2,1H3;1H. The lowest BCUT2D eigenvalue weighted by Gasteiger charge is -2.11. The Balaban J connectivity index is 0.000000631. The minimum Gasteiger partial charge on any atom is -0.328 e. The molecule has 0 aromatic carbocycles. The topological polar surface area (TPSA) is 84.9 Å². The summed E-state index contributed by atoms with van der Waals surface area (Å²) in [5.41, 5.74) is 2.26. The first-order valence-corrected chi connectivity index (χ1v) is 8.39. The van der Waals surface area contributed by atoms with Gasteiger partial charge in [-0.15, -0.1) is 5.06 Å². The lowest BCUT2D eigenvalue weighted by atomic mass is 10.4. The van der Waals surface area contributed by atoms with E-state index in [0.29, 0.717) is 5.06 Å². The zero-order valence-corrected chi connectivity index (χ0v) is 15.8. The van der Waals surface area contributed by atoms with Gasteiger partial charge in [-0.05, 0) is 0 Å². The van der Waals surface area contributed by atoms with Gasteiger partial charge in [-0.25, -0.2) is 10.3 Å². The second kappa shape index (κ2) is 10.5. The van der Waals surface area contributed by atoms with Gasteiger partial charge in [-0.3, -0.25) is 14.4 Å². The minimum atomic E-state index is -0.803. The normalized spacial score (nSPS) is 14.6. The fraction of sp³-hybridized carbons (Fsp3) is 0.625. The highest BCUT2D eigenvalue weighted by Crippen LogP contribution is 2.16. The van der Waals surface area contributed by atoms with Crippen molar-refractivity contribution < 1.29 is 24.1 Å². The molecule has 18 heavy (non-hydrogen) atoms. The number of rotatable bonds is 4. The van der Waals surface area contributed by atoms with E-state index < -0.39 is 17.8 Å². The highest BCUT2D eigenvalue weighted by Gasteiger charge is 2.32. The highest BCUT2D eigenvalue weighted by atomic mass is 127. The summed E-state index contributed by atoms with van der Waals surface area (Å²) in [6.45, 7) is -0.368. The molecule has 0 saturated carbocycles. The Morgan fingerprint density at radius 2 is 1.78 bits per heavy atom. The van der Waals surface area contributed by atoms with Crippen LogP contribution in [0.4, 0.5) is 0 Å². The summed E-state index contributed by atoms with van der Waals surface area (Å²) in [6, 6.07) is 0. The van der Waals surface area contributed by atoms with Crippen molar-refractivity contribution in [2.24, 2.45) is 0 Å². The number of carbonyl (C=O) groups excluding carboxylic acids is 3. The third-order valence-corrected chi connectivity index (χ3v) is 1.53. The number of carbonyl (C=O) groups is 3. The first kappa shape index (κ1) is 18.7. The van der Waals surface area contributed by atoms with E-state index in [1.165, 1.54) is 7.05 Å². The van der Waals surface area contributed by atoms with E-state index in [-0.39, 0.29) is 19.4 Å². The Morgan fingerprint density at radius 1 is 1.33 bits per heavy atom. The lowest BCUT2D eigenvalue weighted by molar-refractivity contribution is -0.201. The van der Waals surface area contributed by atoms with Crippen molar-refractivity contribution in [3.05, 3.63) is 0 Å². The number of nitrogens with one attached hydrogen (secondary N) is 1. The molecule has 1 rings (SSSR count). The van der Waals surface area contributed by atoms with Crippen LogP contribution in [-0.4, -0.2) is 36.4 Å². The van der Waals surface area contributed by atoms with Gasteiger partial charge >= 0.3 is 5.97 Å². The molecular formula is C8H11I3N2O5. The number of amides is 2. The Hall–Kier alpha value is 0.720. The van der Waals surface area contributed by atoms with Crippen molar-refractivity contribution in [1.29, 1.82) is 0 Å². The van der Waals surface area contributed by atoms with Crippen LogP contribution in [0, 0.1) is 0 Å². The van der Waals surface area contributed by atoms with Gasteiger partial charge in [0, 0.05) is 19.9 Å². The average Bonchev–Trinajstić information content (AvgIpc) is 2.57. The zero-order valence-electron chi connectivity index (χ0n) is 9.32. The zero-order chi connectivity index (χ0) is 14.1. The SMILES string of the molecule is CNOCC(=O)ON1C(=O)CCC1=O.IC(I)I. The van der Waals surface area contributed by atoms with Gasteiger partial charge in [-0.1, -0.05) is 67.8 Å². The number of hydrogen-bond donors (Lipinski definition) is 1. The first-order valence-electron chi connectivity index (χ1n) is 4.65. The Morgan fingerprint density at radius 3 is 2.17 bits per heavy atom. The number of nitrogens with zero attached hydrogens (tertiary/aromatic N) is 1. The van der Waals surface area contributed by atoms with E-state index in [2.05, 4.69) is 82.9 Å². The molecule has 1 aliphatic rings. The van der Waals surface area contributed by atoms with Crippen molar-refractivity contribution in [3.8, 4) is 0 Å². The van der Waals surface area contributed by atoms with E-state index in [1.54, 1.807) is 0 Å². The van der Waals surface area contributed by atoms with Gasteiger partial charge in [0.2, 0.25) is 0 Å². The molecule has 10 heteroatoms. The first-order chi connectivity index (χ1) is 8.38. The number of halogens is 3. The molecule has 0 spiro atoms. The van der Waals surface area contributed by atoms with Crippen LogP contribution in [0.2, 0.25) is 0 Å². The molecule has 0 aliphatic carbocycles. The van der Waals surface area contributed by atoms with Gasteiger partial charge in [0.05, 0.1) is 0 Å². The summed E-state index contributed by atoms with van der Waals surface area (Å²) in [7, 11) is 1.47. The van der Waals surface area contributed by atoms with Crippen molar-refractivity contribution in [2.45, 2.75) is 12.8 Å². The molecule has 0 aromatic rings. The van der Waals surface area contributed by atoms with Crippen LogP contribution in [0.1, 0.15) is 12.8 Å². The minimum absolute atomic E-state index is 0.0823. The van der Waals surface area contributed by atoms with Gasteiger partial charge in [0.1, 0.15) is -0.0619 Å². The molecular weight excluding hydrogens is 585 g/mol. The maximum Gasteiger partial charge on any atom is 0.360 e. The molecule has 0 aromatic heterocycles. The van der Waals surface area contributed by atoms with E-state index in [9.17, 15) is 14.4 Å². The van der Waals surface area contributed by atoms with E-state index >= 15 is 0 Å². The van der Waals surface area contributed by atoms with Gasteiger partial charge in [0.25, 0.3) is 11.8 Å². The largest absolute Gasteiger partial charge is 0.360 e. The van der Waals surface area contributed by atoms with Gasteiger partial charge in [-0.2, -0.15) is 0 Å². The molecule has 1 N–H and O–H groups in total. The van der Waals surface area contributed by atoms with Crippen LogP contribution < -0.4 is 5.48 Å². The van der Waals surface area contributed by atoms with Crippen LogP contribution in [0.25, 0.3) is 0 Å². The van der Waals surface area contributed by atoms with Crippen molar-refractivity contribution >= 4 is 85.6 Å². The molecule has 1 saturated heterocycles. The molecule has 0 radical (unpaired) electrons. The summed E-state index contributed by atoms with van der Waals surface area (Å²) in [4.78, 5) is 41.8. The van der Waals surface area contributed by atoms with Crippen LogP contribution >= 0.6 is 67.8 Å². The second-order valence-corrected chi connectivity index (χ2v) is 13.7. The van der Waals surface area contributed by atoms with Crippen LogP contribution in [0.3, 0.4) is 0 Å². The smallest absolute Gasteiger partial charge is 0.328 e. The van der Waals surface area contributed by atoms with Crippen LogP contribution in [-0.2, 0) is 24.1 Å². The van der Waals surface area contributed by atoms with Gasteiger partial charge < -0.3 is 4.84 Å². The summed E-state index contributed by atoms with van der Waals surface area (Å²) in [5, 5.41) is 0.474. The Bertz CT molecular complexity index is 294. The monoisotopic (exact) mass is 596 g/mol. The molecule has 7 nitrogen and oxygen atoms in total. The van der Waals surface area contributed by atoms with E-state index in [4.69, 9.17) is 0 Å². The average molecular weight is 596 g/mol. The summed E-state index contributed by atoms with van der Waals surface area (Å²) in [5.74, 6) is -1.82. The molecule has 1 aliphatic heterocycles. The maximum atomic E-state index is 11.0. The van der Waals surface area contributed by atoms with Crippen molar-refractivity contribution in [1.82, 2.24) is 10.5 Å². The molecule has 0 unspecified atom stereocenters. The molecule has 1 fully saturated rings. The number of alkyl halides is 3. The number of hydroxylamine groups is 3. The van der Waals surface area contributed by atoms with E-state index in [1.807, 2.05) is 0 Å². The molecule has 0 bridgehead atoms. The molecule has 1 heterocycles. The second-order valence-electron chi connectivity index (χ2n) is 2.79.